The maximum atomic E-state index is 13.5. The van der Waals surface area contributed by atoms with Crippen molar-refractivity contribution in [2.45, 2.75) is 37.2 Å². The summed E-state index contributed by atoms with van der Waals surface area (Å²) in [6, 6.07) is 12.9. The van der Waals surface area contributed by atoms with Crippen molar-refractivity contribution in [3.05, 3.63) is 65.7 Å². The number of rotatable bonds is 8. The minimum atomic E-state index is -5.32. The molecule has 3 rings (SSSR count). The largest absolute Gasteiger partial charge is 0.471 e. The molecule has 1 amide bonds. The Hall–Kier alpha value is -3.89. The minimum absolute atomic E-state index is 0.195. The number of hydrogen-bond acceptors (Lipinski definition) is 7. The number of fused-ring (bicyclic) bond motifs is 1. The molecule has 0 saturated carbocycles. The molecule has 2 N–H and O–H groups in total. The lowest BCUT2D eigenvalue weighted by Gasteiger charge is -2.30. The number of para-hydroxylation sites is 1. The number of halogens is 3. The molecule has 0 unspecified atom stereocenters. The van der Waals surface area contributed by atoms with Gasteiger partial charge in [0.2, 0.25) is 5.54 Å². The van der Waals surface area contributed by atoms with Gasteiger partial charge in [0.25, 0.3) is 0 Å². The molecule has 34 heavy (non-hydrogen) atoms. The van der Waals surface area contributed by atoms with Gasteiger partial charge in [-0.15, -0.1) is 0 Å². The Labute approximate surface area is 192 Å². The van der Waals surface area contributed by atoms with Crippen LogP contribution in [0.2, 0.25) is 0 Å². The molecule has 0 fully saturated rings. The van der Waals surface area contributed by atoms with Crippen molar-refractivity contribution in [1.82, 2.24) is 5.32 Å². The average Bonchev–Trinajstić information content (AvgIpc) is 3.22. The van der Waals surface area contributed by atoms with E-state index in [4.69, 9.17) is 9.47 Å². The maximum absolute atomic E-state index is 13.5. The van der Waals surface area contributed by atoms with Crippen molar-refractivity contribution in [3.8, 4) is 0 Å². The number of ether oxygens (including phenoxy) is 2. The monoisotopic (exact) mass is 478 g/mol. The van der Waals surface area contributed by atoms with Crippen LogP contribution >= 0.6 is 0 Å². The number of nitrogens with one attached hydrogen (secondary N) is 2. The van der Waals surface area contributed by atoms with E-state index >= 15 is 0 Å². The number of Topliss-reactive ketones (excluding diaryl/α,β-unsaturated/α-hetero) is 1. The number of anilines is 1. The van der Waals surface area contributed by atoms with Gasteiger partial charge in [0, 0.05) is 12.1 Å². The first-order valence-electron chi connectivity index (χ1n) is 10.1. The number of methoxy groups -OCH3 is 1. The molecule has 180 valence electrons. The smallest absolute Gasteiger partial charge is 0.467 e. The van der Waals surface area contributed by atoms with Crippen molar-refractivity contribution in [3.63, 3.8) is 0 Å². The Morgan fingerprint density at radius 1 is 1.06 bits per heavy atom. The molecule has 0 spiro atoms. The zero-order valence-corrected chi connectivity index (χ0v) is 18.0. The SMILES string of the molecule is COC(=O)[C@@]1(C(=O)[C@H](CC(=O)OCc2ccccc2)NC(=O)C(F)(F)F)Cc2ccccc2N1. The lowest BCUT2D eigenvalue weighted by Crippen LogP contribution is -2.61. The minimum Gasteiger partial charge on any atom is -0.467 e. The van der Waals surface area contributed by atoms with Gasteiger partial charge >= 0.3 is 24.0 Å². The molecule has 2 aromatic carbocycles. The van der Waals surface area contributed by atoms with E-state index in [2.05, 4.69) is 5.32 Å². The van der Waals surface area contributed by atoms with E-state index in [-0.39, 0.29) is 13.0 Å². The molecular formula is C23H21F3N2O6. The topological polar surface area (TPSA) is 111 Å². The second-order valence-electron chi connectivity index (χ2n) is 7.59. The van der Waals surface area contributed by atoms with E-state index in [9.17, 15) is 32.3 Å². The van der Waals surface area contributed by atoms with Crippen LogP contribution in [0.1, 0.15) is 17.5 Å². The van der Waals surface area contributed by atoms with Crippen LogP contribution in [0, 0.1) is 0 Å². The lowest BCUT2D eigenvalue weighted by molar-refractivity contribution is -0.175. The molecule has 0 radical (unpaired) electrons. The number of carbonyl (C=O) groups is 4. The summed E-state index contributed by atoms with van der Waals surface area (Å²) < 4.78 is 48.6. The predicted molar refractivity (Wildman–Crippen MR) is 112 cm³/mol. The summed E-state index contributed by atoms with van der Waals surface area (Å²) in [7, 11) is 1.01. The standard InChI is InChI=1S/C23H21F3N2O6/c1-33-21(32)22(12-15-9-5-6-10-16(15)28-22)19(30)17(27-20(31)23(24,25)26)11-18(29)34-13-14-7-3-2-4-8-14/h2-10,17,28H,11-13H2,1H3,(H,27,31)/t17-,22-/m0/s1. The third kappa shape index (κ3) is 5.36. The fourth-order valence-corrected chi connectivity index (χ4v) is 3.61. The molecule has 1 heterocycles. The summed E-state index contributed by atoms with van der Waals surface area (Å²) in [5, 5.41) is 4.24. The maximum Gasteiger partial charge on any atom is 0.471 e. The van der Waals surface area contributed by atoms with Gasteiger partial charge in [0.1, 0.15) is 12.6 Å². The highest BCUT2D eigenvalue weighted by molar-refractivity contribution is 6.16. The number of alkyl halides is 3. The van der Waals surface area contributed by atoms with Crippen molar-refractivity contribution in [2.75, 3.05) is 12.4 Å². The summed E-state index contributed by atoms with van der Waals surface area (Å²) in [5.41, 5.74) is -0.596. The molecule has 0 bridgehead atoms. The Balaban J connectivity index is 1.86. The Morgan fingerprint density at radius 3 is 2.32 bits per heavy atom. The van der Waals surface area contributed by atoms with Crippen LogP contribution < -0.4 is 10.6 Å². The average molecular weight is 478 g/mol. The highest BCUT2D eigenvalue weighted by atomic mass is 19.4. The van der Waals surface area contributed by atoms with Crippen LogP contribution in [0.15, 0.2) is 54.6 Å². The van der Waals surface area contributed by atoms with Crippen molar-refractivity contribution in [2.24, 2.45) is 0 Å². The van der Waals surface area contributed by atoms with Crippen LogP contribution in [-0.2, 0) is 41.7 Å². The van der Waals surface area contributed by atoms with Gasteiger partial charge in [-0.2, -0.15) is 13.2 Å². The van der Waals surface area contributed by atoms with Crippen LogP contribution in [0.3, 0.4) is 0 Å². The first-order chi connectivity index (χ1) is 16.1. The van der Waals surface area contributed by atoms with E-state index in [1.807, 2.05) is 0 Å². The number of amides is 1. The van der Waals surface area contributed by atoms with Crippen LogP contribution in [0.4, 0.5) is 18.9 Å². The molecule has 0 aliphatic carbocycles. The normalized spacial score (nSPS) is 17.6. The van der Waals surface area contributed by atoms with E-state index in [0.29, 0.717) is 16.8 Å². The van der Waals surface area contributed by atoms with Gasteiger partial charge in [-0.1, -0.05) is 48.5 Å². The molecule has 1 aliphatic rings. The fourth-order valence-electron chi connectivity index (χ4n) is 3.61. The Kier molecular flexibility index (Phi) is 7.23. The quantitative estimate of drug-likeness (QED) is 0.443. The van der Waals surface area contributed by atoms with Crippen LogP contribution in [0.25, 0.3) is 0 Å². The second-order valence-corrected chi connectivity index (χ2v) is 7.59. The Bertz CT molecular complexity index is 1060. The summed E-state index contributed by atoms with van der Waals surface area (Å²) in [6.07, 6.45) is -6.49. The number of benzene rings is 2. The molecular weight excluding hydrogens is 457 g/mol. The zero-order valence-electron chi connectivity index (χ0n) is 18.0. The van der Waals surface area contributed by atoms with E-state index < -0.39 is 47.8 Å². The highest BCUT2D eigenvalue weighted by Crippen LogP contribution is 2.35. The summed E-state index contributed by atoms with van der Waals surface area (Å²) in [6.45, 7) is -0.195. The van der Waals surface area contributed by atoms with Gasteiger partial charge in [-0.05, 0) is 17.2 Å². The molecule has 8 nitrogen and oxygen atoms in total. The Morgan fingerprint density at radius 2 is 1.71 bits per heavy atom. The van der Waals surface area contributed by atoms with E-state index in [0.717, 1.165) is 7.11 Å². The van der Waals surface area contributed by atoms with Crippen molar-refractivity contribution >= 4 is 29.3 Å². The number of ketones is 1. The van der Waals surface area contributed by atoms with Gasteiger partial charge in [0.15, 0.2) is 5.78 Å². The molecule has 1 aliphatic heterocycles. The van der Waals surface area contributed by atoms with Gasteiger partial charge in [-0.3, -0.25) is 14.4 Å². The second kappa shape index (κ2) is 9.94. The number of esters is 2. The van der Waals surface area contributed by atoms with Crippen LogP contribution in [-0.4, -0.2) is 48.5 Å². The van der Waals surface area contributed by atoms with E-state index in [1.165, 1.54) is 5.32 Å². The third-order valence-corrected chi connectivity index (χ3v) is 5.27. The van der Waals surface area contributed by atoms with Gasteiger partial charge in [-0.25, -0.2) is 4.79 Å². The molecule has 0 aromatic heterocycles. The van der Waals surface area contributed by atoms with Gasteiger partial charge < -0.3 is 20.1 Å². The first kappa shape index (κ1) is 24.7. The fraction of sp³-hybridized carbons (Fsp3) is 0.304. The lowest BCUT2D eigenvalue weighted by atomic mass is 9.85. The summed E-state index contributed by atoms with van der Waals surface area (Å²) >= 11 is 0. The van der Waals surface area contributed by atoms with Crippen LogP contribution in [0.5, 0.6) is 0 Å². The zero-order chi connectivity index (χ0) is 24.9. The van der Waals surface area contributed by atoms with Crippen molar-refractivity contribution < 1.29 is 41.8 Å². The summed E-state index contributed by atoms with van der Waals surface area (Å²) in [5.74, 6) is -5.71. The van der Waals surface area contributed by atoms with Crippen molar-refractivity contribution in [1.29, 1.82) is 0 Å². The summed E-state index contributed by atoms with van der Waals surface area (Å²) in [4.78, 5) is 50.2. The highest BCUT2D eigenvalue weighted by Gasteiger charge is 2.54. The molecule has 11 heteroatoms. The molecule has 2 atom stereocenters. The molecule has 2 aromatic rings. The third-order valence-electron chi connectivity index (χ3n) is 5.27. The predicted octanol–water partition coefficient (Wildman–Crippen LogP) is 2.32. The van der Waals surface area contributed by atoms with Gasteiger partial charge in [0.05, 0.1) is 13.5 Å². The van der Waals surface area contributed by atoms with E-state index in [1.54, 1.807) is 54.6 Å². The number of carbonyl (C=O) groups excluding carboxylic acids is 4. The number of hydrogen-bond donors (Lipinski definition) is 2. The molecule has 0 saturated heterocycles. The first-order valence-corrected chi connectivity index (χ1v) is 10.1.